The fourth-order valence-corrected chi connectivity index (χ4v) is 4.98. The molecule has 0 unspecified atom stereocenters. The minimum atomic E-state index is -3.59. The molecule has 2 aromatic rings. The van der Waals surface area contributed by atoms with Crippen molar-refractivity contribution < 1.29 is 17.9 Å². The normalized spacial score (nSPS) is 16.1. The van der Waals surface area contributed by atoms with Gasteiger partial charge in [-0.2, -0.15) is 4.31 Å². The molecule has 0 atom stereocenters. The van der Waals surface area contributed by atoms with Crippen molar-refractivity contribution in [1.82, 2.24) is 14.3 Å². The summed E-state index contributed by atoms with van der Waals surface area (Å²) in [6.45, 7) is 7.20. The van der Waals surface area contributed by atoms with Gasteiger partial charge >= 0.3 is 0 Å². The molecule has 0 bridgehead atoms. The topological polar surface area (TPSA) is 81.6 Å². The fraction of sp³-hybridized carbons (Fsp3) is 0.500. The summed E-state index contributed by atoms with van der Waals surface area (Å²) in [6.07, 6.45) is 2.98. The molecule has 0 saturated carbocycles. The Kier molecular flexibility index (Phi) is 6.20. The van der Waals surface area contributed by atoms with Gasteiger partial charge in [0.15, 0.2) is 0 Å². The van der Waals surface area contributed by atoms with Gasteiger partial charge in [0, 0.05) is 24.8 Å². The molecule has 1 aromatic carbocycles. The van der Waals surface area contributed by atoms with Crippen LogP contribution >= 0.6 is 0 Å². The van der Waals surface area contributed by atoms with Crippen molar-refractivity contribution >= 4 is 10.0 Å². The van der Waals surface area contributed by atoms with Crippen LogP contribution in [0, 0.1) is 26.7 Å². The van der Waals surface area contributed by atoms with Crippen molar-refractivity contribution in [3.63, 3.8) is 0 Å². The highest BCUT2D eigenvalue weighted by atomic mass is 32.2. The molecule has 1 saturated heterocycles. The Labute approximate surface area is 166 Å². The smallest absolute Gasteiger partial charge is 0.246 e. The standard InChI is InChI=1S/C20H27N3O4S/c1-14-9-18(26-4)19(10-15(14)2)28(24,25)23-7-5-17(6-8-23)12-27-20-11-16(3)21-13-22-20/h9-11,13,17H,5-8,12H2,1-4H3. The first kappa shape index (κ1) is 20.5. The van der Waals surface area contributed by atoms with E-state index in [0.29, 0.717) is 37.2 Å². The molecule has 0 N–H and O–H groups in total. The molecular weight excluding hydrogens is 378 g/mol. The third kappa shape index (κ3) is 4.44. The number of aromatic nitrogens is 2. The largest absolute Gasteiger partial charge is 0.495 e. The Bertz CT molecular complexity index is 938. The van der Waals surface area contributed by atoms with Crippen LogP contribution in [0.2, 0.25) is 0 Å². The maximum atomic E-state index is 13.2. The molecule has 8 heteroatoms. The molecule has 2 heterocycles. The summed E-state index contributed by atoms with van der Waals surface area (Å²) >= 11 is 0. The molecule has 1 aliphatic heterocycles. The highest BCUT2D eigenvalue weighted by molar-refractivity contribution is 7.89. The Balaban J connectivity index is 1.65. The molecule has 3 rings (SSSR count). The summed E-state index contributed by atoms with van der Waals surface area (Å²) in [5, 5.41) is 0. The van der Waals surface area contributed by atoms with Crippen molar-refractivity contribution in [2.24, 2.45) is 5.92 Å². The number of piperidine rings is 1. The summed E-state index contributed by atoms with van der Waals surface area (Å²) in [4.78, 5) is 8.39. The second-order valence-corrected chi connectivity index (χ2v) is 9.15. The van der Waals surface area contributed by atoms with Gasteiger partial charge < -0.3 is 9.47 Å². The lowest BCUT2D eigenvalue weighted by molar-refractivity contribution is 0.180. The highest BCUT2D eigenvalue weighted by Crippen LogP contribution is 2.32. The van der Waals surface area contributed by atoms with Gasteiger partial charge in [0.25, 0.3) is 0 Å². The lowest BCUT2D eigenvalue weighted by Crippen LogP contribution is -2.39. The zero-order chi connectivity index (χ0) is 20.3. The molecule has 152 valence electrons. The predicted octanol–water partition coefficient (Wildman–Crippen LogP) is 2.89. The number of rotatable bonds is 6. The number of sulfonamides is 1. The van der Waals surface area contributed by atoms with Crippen LogP contribution in [0.4, 0.5) is 0 Å². The zero-order valence-corrected chi connectivity index (χ0v) is 17.6. The van der Waals surface area contributed by atoms with E-state index in [4.69, 9.17) is 9.47 Å². The summed E-state index contributed by atoms with van der Waals surface area (Å²) < 4.78 is 38.9. The van der Waals surface area contributed by atoms with Gasteiger partial charge in [0.05, 0.1) is 13.7 Å². The van der Waals surface area contributed by atoms with E-state index in [0.717, 1.165) is 29.7 Å². The van der Waals surface area contributed by atoms with E-state index in [-0.39, 0.29) is 4.90 Å². The van der Waals surface area contributed by atoms with Crippen LogP contribution in [0.15, 0.2) is 29.4 Å². The quantitative estimate of drug-likeness (QED) is 0.735. The summed E-state index contributed by atoms with van der Waals surface area (Å²) in [7, 11) is -2.09. The Morgan fingerprint density at radius 3 is 2.39 bits per heavy atom. The number of benzene rings is 1. The maximum Gasteiger partial charge on any atom is 0.246 e. The number of hydrogen-bond donors (Lipinski definition) is 0. The van der Waals surface area contributed by atoms with E-state index in [1.165, 1.54) is 13.4 Å². The van der Waals surface area contributed by atoms with Crippen molar-refractivity contribution in [3.8, 4) is 11.6 Å². The van der Waals surface area contributed by atoms with Gasteiger partial charge in [-0.05, 0) is 62.8 Å². The molecule has 1 fully saturated rings. The van der Waals surface area contributed by atoms with E-state index in [9.17, 15) is 8.42 Å². The van der Waals surface area contributed by atoms with Gasteiger partial charge in [-0.25, -0.2) is 18.4 Å². The van der Waals surface area contributed by atoms with Crippen molar-refractivity contribution in [1.29, 1.82) is 0 Å². The van der Waals surface area contributed by atoms with E-state index in [1.54, 1.807) is 22.5 Å². The first-order chi connectivity index (χ1) is 13.3. The Morgan fingerprint density at radius 1 is 1.07 bits per heavy atom. The average Bonchev–Trinajstić information content (AvgIpc) is 2.68. The number of ether oxygens (including phenoxy) is 2. The van der Waals surface area contributed by atoms with Crippen LogP contribution in [-0.2, 0) is 10.0 Å². The predicted molar refractivity (Wildman–Crippen MR) is 106 cm³/mol. The van der Waals surface area contributed by atoms with Gasteiger partial charge in [-0.3, -0.25) is 0 Å². The molecule has 1 aromatic heterocycles. The van der Waals surface area contributed by atoms with Crippen LogP contribution in [0.1, 0.15) is 29.7 Å². The third-order valence-corrected chi connectivity index (χ3v) is 7.14. The van der Waals surface area contributed by atoms with Crippen LogP contribution in [-0.4, -0.2) is 49.5 Å². The zero-order valence-electron chi connectivity index (χ0n) is 16.8. The molecule has 28 heavy (non-hydrogen) atoms. The number of methoxy groups -OCH3 is 1. The monoisotopic (exact) mass is 405 g/mol. The summed E-state index contributed by atoms with van der Waals surface area (Å²) in [5.74, 6) is 1.25. The maximum absolute atomic E-state index is 13.2. The Hall–Kier alpha value is -2.19. The van der Waals surface area contributed by atoms with Crippen LogP contribution < -0.4 is 9.47 Å². The molecule has 0 spiro atoms. The van der Waals surface area contributed by atoms with Gasteiger partial charge in [0.2, 0.25) is 15.9 Å². The van der Waals surface area contributed by atoms with Crippen molar-refractivity contribution in [2.45, 2.75) is 38.5 Å². The first-order valence-corrected chi connectivity index (χ1v) is 10.8. The summed E-state index contributed by atoms with van der Waals surface area (Å²) in [5.41, 5.74) is 2.79. The first-order valence-electron chi connectivity index (χ1n) is 9.38. The lowest BCUT2D eigenvalue weighted by Gasteiger charge is -2.31. The highest BCUT2D eigenvalue weighted by Gasteiger charge is 2.32. The van der Waals surface area contributed by atoms with Gasteiger partial charge in [0.1, 0.15) is 17.0 Å². The average molecular weight is 406 g/mol. The van der Waals surface area contributed by atoms with Crippen LogP contribution in [0.3, 0.4) is 0 Å². The van der Waals surface area contributed by atoms with E-state index >= 15 is 0 Å². The van der Waals surface area contributed by atoms with Gasteiger partial charge in [-0.1, -0.05) is 0 Å². The third-order valence-electron chi connectivity index (χ3n) is 5.22. The minimum Gasteiger partial charge on any atom is -0.495 e. The van der Waals surface area contributed by atoms with Crippen LogP contribution in [0.25, 0.3) is 0 Å². The van der Waals surface area contributed by atoms with Crippen molar-refractivity contribution in [3.05, 3.63) is 41.3 Å². The van der Waals surface area contributed by atoms with E-state index in [1.807, 2.05) is 20.8 Å². The minimum absolute atomic E-state index is 0.240. The molecule has 1 aliphatic rings. The molecule has 0 radical (unpaired) electrons. The second-order valence-electron chi connectivity index (χ2n) is 7.24. The number of hydrogen-bond acceptors (Lipinski definition) is 6. The SMILES string of the molecule is COc1cc(C)c(C)cc1S(=O)(=O)N1CCC(COc2cc(C)ncn2)CC1. The van der Waals surface area contributed by atoms with Crippen molar-refractivity contribution in [2.75, 3.05) is 26.8 Å². The van der Waals surface area contributed by atoms with Crippen LogP contribution in [0.5, 0.6) is 11.6 Å². The molecule has 7 nitrogen and oxygen atoms in total. The molecule has 0 aliphatic carbocycles. The lowest BCUT2D eigenvalue weighted by atomic mass is 9.99. The fourth-order valence-electron chi connectivity index (χ4n) is 3.29. The summed E-state index contributed by atoms with van der Waals surface area (Å²) in [6, 6.07) is 5.29. The molecular formula is C20H27N3O4S. The van der Waals surface area contributed by atoms with E-state index in [2.05, 4.69) is 9.97 Å². The van der Waals surface area contributed by atoms with E-state index < -0.39 is 10.0 Å². The molecule has 0 amide bonds. The Morgan fingerprint density at radius 2 is 1.75 bits per heavy atom. The second kappa shape index (κ2) is 8.45. The van der Waals surface area contributed by atoms with Gasteiger partial charge in [-0.15, -0.1) is 0 Å². The number of nitrogens with zero attached hydrogens (tertiary/aromatic N) is 3. The number of aryl methyl sites for hydroxylation is 3.